The van der Waals surface area contributed by atoms with Gasteiger partial charge in [-0.1, -0.05) is 13.8 Å². The molecule has 0 spiro atoms. The minimum absolute atomic E-state index is 0.113. The van der Waals surface area contributed by atoms with Gasteiger partial charge in [0.1, 0.15) is 11.5 Å². The monoisotopic (exact) mass is 300 g/mol. The molecule has 3 N–H and O–H groups in total. The lowest BCUT2D eigenvalue weighted by molar-refractivity contribution is 0.599. The molecule has 7 heteroatoms. The van der Waals surface area contributed by atoms with Crippen molar-refractivity contribution in [1.82, 2.24) is 9.13 Å². The number of nitrogens with zero attached hydrogens (tertiary/aromatic N) is 2. The summed E-state index contributed by atoms with van der Waals surface area (Å²) in [5, 5.41) is 3.14. The Hall–Kier alpha value is -1.37. The fourth-order valence-corrected chi connectivity index (χ4v) is 2.61. The Morgan fingerprint density at radius 1 is 1.35 bits per heavy atom. The molecule has 0 aromatic carbocycles. The van der Waals surface area contributed by atoms with Crippen molar-refractivity contribution >= 4 is 23.3 Å². The number of rotatable bonds is 7. The fourth-order valence-electron chi connectivity index (χ4n) is 1.94. The lowest BCUT2D eigenvalue weighted by Crippen LogP contribution is -2.41. The summed E-state index contributed by atoms with van der Waals surface area (Å²) in [6, 6.07) is 0.113. The van der Waals surface area contributed by atoms with Crippen LogP contribution in [0.2, 0.25) is 0 Å². The topological polar surface area (TPSA) is 82.0 Å². The van der Waals surface area contributed by atoms with Crippen molar-refractivity contribution in [2.24, 2.45) is 7.05 Å². The Morgan fingerprint density at radius 2 is 2.00 bits per heavy atom. The van der Waals surface area contributed by atoms with Gasteiger partial charge < -0.3 is 11.1 Å². The maximum Gasteiger partial charge on any atom is 0.332 e. The Bertz CT molecular complexity index is 565. The highest BCUT2D eigenvalue weighted by Crippen LogP contribution is 2.14. The van der Waals surface area contributed by atoms with Crippen LogP contribution in [0.25, 0.3) is 0 Å². The zero-order valence-electron chi connectivity index (χ0n) is 12.6. The van der Waals surface area contributed by atoms with Gasteiger partial charge >= 0.3 is 5.69 Å². The minimum Gasteiger partial charge on any atom is -0.383 e. The number of aromatic nitrogens is 2. The summed E-state index contributed by atoms with van der Waals surface area (Å²) in [6.45, 7) is 6.55. The molecule has 0 aliphatic carbocycles. The summed E-state index contributed by atoms with van der Waals surface area (Å²) in [5.74, 6) is 2.13. The Morgan fingerprint density at radius 3 is 2.55 bits per heavy atom. The largest absolute Gasteiger partial charge is 0.383 e. The number of nitrogens with one attached hydrogen (secondary N) is 1. The van der Waals surface area contributed by atoms with E-state index in [1.807, 2.05) is 13.8 Å². The third-order valence-electron chi connectivity index (χ3n) is 2.99. The van der Waals surface area contributed by atoms with Gasteiger partial charge in [0.2, 0.25) is 0 Å². The first-order chi connectivity index (χ1) is 9.43. The lowest BCUT2D eigenvalue weighted by Gasteiger charge is -2.19. The number of hydrogen-bond donors (Lipinski definition) is 2. The second-order valence-corrected chi connectivity index (χ2v) is 6.08. The van der Waals surface area contributed by atoms with Crippen LogP contribution < -0.4 is 22.3 Å². The first-order valence-corrected chi connectivity index (χ1v) is 8.03. The van der Waals surface area contributed by atoms with Crippen LogP contribution in [-0.4, -0.2) is 26.7 Å². The molecule has 1 atom stereocenters. The zero-order valence-corrected chi connectivity index (χ0v) is 13.4. The van der Waals surface area contributed by atoms with Crippen molar-refractivity contribution in [3.63, 3.8) is 0 Å². The quantitative estimate of drug-likeness (QED) is 0.788. The van der Waals surface area contributed by atoms with E-state index in [9.17, 15) is 9.59 Å². The van der Waals surface area contributed by atoms with E-state index in [1.54, 1.807) is 11.8 Å². The Kier molecular flexibility index (Phi) is 6.19. The van der Waals surface area contributed by atoms with Crippen molar-refractivity contribution in [3.05, 3.63) is 20.8 Å². The Labute approximate surface area is 123 Å². The highest BCUT2D eigenvalue weighted by atomic mass is 32.2. The highest BCUT2D eigenvalue weighted by Gasteiger charge is 2.16. The van der Waals surface area contributed by atoms with Crippen LogP contribution in [0.5, 0.6) is 0 Å². The molecule has 114 valence electrons. The summed E-state index contributed by atoms with van der Waals surface area (Å²) in [4.78, 5) is 24.2. The maximum absolute atomic E-state index is 12.2. The van der Waals surface area contributed by atoms with Crippen LogP contribution in [0.4, 0.5) is 11.5 Å². The maximum atomic E-state index is 12.2. The molecule has 1 aromatic rings. The molecule has 0 fully saturated rings. The minimum atomic E-state index is -0.367. The molecular weight excluding hydrogens is 276 g/mol. The SMILES string of the molecule is CCCn1c(N)c(NC(C)CSCC)c(=O)n(C)c1=O. The van der Waals surface area contributed by atoms with Gasteiger partial charge in [0.05, 0.1) is 0 Å². The van der Waals surface area contributed by atoms with Crippen LogP contribution in [0.1, 0.15) is 27.2 Å². The van der Waals surface area contributed by atoms with Crippen molar-refractivity contribution < 1.29 is 0 Å². The standard InChI is InChI=1S/C13H24N4O2S/c1-5-7-17-11(14)10(12(18)16(4)13(17)19)15-9(3)8-20-6-2/h9,15H,5-8,14H2,1-4H3. The molecule has 0 bridgehead atoms. The number of anilines is 2. The molecule has 1 rings (SSSR count). The molecule has 1 aromatic heterocycles. The normalized spacial score (nSPS) is 12.4. The Balaban J connectivity index is 3.19. The van der Waals surface area contributed by atoms with E-state index < -0.39 is 0 Å². The molecular formula is C13H24N4O2S. The van der Waals surface area contributed by atoms with Crippen molar-refractivity contribution in [2.75, 3.05) is 22.6 Å². The van der Waals surface area contributed by atoms with Crippen molar-refractivity contribution in [1.29, 1.82) is 0 Å². The van der Waals surface area contributed by atoms with E-state index in [4.69, 9.17) is 5.73 Å². The second kappa shape index (κ2) is 7.42. The average Bonchev–Trinajstić information content (AvgIpc) is 2.43. The first kappa shape index (κ1) is 16.7. The van der Waals surface area contributed by atoms with Crippen LogP contribution in [-0.2, 0) is 13.6 Å². The molecule has 0 aliphatic heterocycles. The molecule has 0 radical (unpaired) electrons. The molecule has 20 heavy (non-hydrogen) atoms. The number of nitrogen functional groups attached to an aromatic ring is 1. The van der Waals surface area contributed by atoms with Gasteiger partial charge in [-0.3, -0.25) is 13.9 Å². The van der Waals surface area contributed by atoms with Gasteiger partial charge in [-0.05, 0) is 19.1 Å². The smallest absolute Gasteiger partial charge is 0.332 e. The summed E-state index contributed by atoms with van der Waals surface area (Å²) < 4.78 is 2.55. The highest BCUT2D eigenvalue weighted by molar-refractivity contribution is 7.99. The van der Waals surface area contributed by atoms with Crippen LogP contribution in [0.3, 0.4) is 0 Å². The third kappa shape index (κ3) is 3.59. The molecule has 0 saturated carbocycles. The summed E-state index contributed by atoms with van der Waals surface area (Å²) in [6.07, 6.45) is 0.781. The van der Waals surface area contributed by atoms with Gasteiger partial charge in [-0.25, -0.2) is 4.79 Å². The van der Waals surface area contributed by atoms with Crippen LogP contribution >= 0.6 is 11.8 Å². The number of nitrogens with two attached hydrogens (primary N) is 1. The molecule has 1 heterocycles. The molecule has 0 saturated heterocycles. The van der Waals surface area contributed by atoms with E-state index in [1.165, 1.54) is 11.6 Å². The van der Waals surface area contributed by atoms with Gasteiger partial charge in [0.15, 0.2) is 0 Å². The van der Waals surface area contributed by atoms with E-state index in [0.29, 0.717) is 12.2 Å². The summed E-state index contributed by atoms with van der Waals surface area (Å²) in [7, 11) is 1.48. The second-order valence-electron chi connectivity index (χ2n) is 4.76. The van der Waals surface area contributed by atoms with E-state index in [0.717, 1.165) is 22.5 Å². The van der Waals surface area contributed by atoms with E-state index in [2.05, 4.69) is 12.2 Å². The van der Waals surface area contributed by atoms with Gasteiger partial charge in [-0.2, -0.15) is 11.8 Å². The average molecular weight is 300 g/mol. The van der Waals surface area contributed by atoms with E-state index >= 15 is 0 Å². The van der Waals surface area contributed by atoms with Crippen LogP contribution in [0.15, 0.2) is 9.59 Å². The third-order valence-corrected chi connectivity index (χ3v) is 4.14. The first-order valence-electron chi connectivity index (χ1n) is 6.87. The van der Waals surface area contributed by atoms with E-state index in [-0.39, 0.29) is 23.1 Å². The van der Waals surface area contributed by atoms with Gasteiger partial charge in [-0.15, -0.1) is 0 Å². The fraction of sp³-hybridized carbons (Fsp3) is 0.692. The number of hydrogen-bond acceptors (Lipinski definition) is 5. The summed E-state index contributed by atoms with van der Waals surface area (Å²) in [5.41, 5.74) is 5.59. The zero-order chi connectivity index (χ0) is 15.3. The van der Waals surface area contributed by atoms with Crippen LogP contribution in [0, 0.1) is 0 Å². The van der Waals surface area contributed by atoms with Gasteiger partial charge in [0.25, 0.3) is 5.56 Å². The molecule has 6 nitrogen and oxygen atoms in total. The molecule has 0 aliphatic rings. The summed E-state index contributed by atoms with van der Waals surface area (Å²) >= 11 is 1.79. The predicted octanol–water partition coefficient (Wildman–Crippen LogP) is 1.09. The number of thioether (sulfide) groups is 1. The molecule has 0 amide bonds. The molecule has 1 unspecified atom stereocenters. The predicted molar refractivity (Wildman–Crippen MR) is 86.7 cm³/mol. The van der Waals surface area contributed by atoms with Crippen molar-refractivity contribution in [3.8, 4) is 0 Å². The van der Waals surface area contributed by atoms with Gasteiger partial charge in [0, 0.05) is 25.4 Å². The lowest BCUT2D eigenvalue weighted by atomic mass is 10.3. The van der Waals surface area contributed by atoms with Crippen molar-refractivity contribution in [2.45, 2.75) is 39.8 Å².